The Morgan fingerprint density at radius 2 is 2.31 bits per heavy atom. The van der Waals surface area contributed by atoms with E-state index in [9.17, 15) is 4.79 Å². The van der Waals surface area contributed by atoms with Crippen molar-refractivity contribution in [2.75, 3.05) is 13.1 Å². The minimum absolute atomic E-state index is 0.0615. The molecule has 0 saturated carbocycles. The highest BCUT2D eigenvalue weighted by Crippen LogP contribution is 2.29. The summed E-state index contributed by atoms with van der Waals surface area (Å²) in [5, 5.41) is 4.10. The molecule has 1 atom stereocenters. The number of rotatable bonds is 4. The predicted octanol–water partition coefficient (Wildman–Crippen LogP) is 3.90. The summed E-state index contributed by atoms with van der Waals surface area (Å²) in [6.07, 6.45) is 2.72. The van der Waals surface area contributed by atoms with Gasteiger partial charge < -0.3 is 9.42 Å². The molecule has 1 fully saturated rings. The number of fused-ring (bicyclic) bond motifs is 1. The molecule has 3 aromatic rings. The van der Waals surface area contributed by atoms with Crippen LogP contribution in [0.5, 0.6) is 0 Å². The second kappa shape index (κ2) is 7.15. The number of carbonyl (C=O) groups is 1. The summed E-state index contributed by atoms with van der Waals surface area (Å²) in [6.45, 7) is 5.66. The fourth-order valence-corrected chi connectivity index (χ4v) is 4.26. The molecule has 1 aliphatic rings. The molecule has 0 bridgehead atoms. The van der Waals surface area contributed by atoms with Crippen LogP contribution >= 0.6 is 11.3 Å². The third-order valence-corrected chi connectivity index (χ3v) is 5.60. The van der Waals surface area contributed by atoms with E-state index in [0.29, 0.717) is 18.4 Å². The lowest BCUT2D eigenvalue weighted by atomic mass is 9.97. The molecular formula is C19H22N4O2S. The van der Waals surface area contributed by atoms with Crippen LogP contribution in [0.3, 0.4) is 0 Å². The molecule has 7 heteroatoms. The van der Waals surface area contributed by atoms with E-state index in [1.165, 1.54) is 11.3 Å². The van der Waals surface area contributed by atoms with Crippen molar-refractivity contribution in [3.8, 4) is 0 Å². The summed E-state index contributed by atoms with van der Waals surface area (Å²) in [5.74, 6) is 2.08. The molecule has 3 heterocycles. The topological polar surface area (TPSA) is 72.1 Å². The van der Waals surface area contributed by atoms with E-state index in [0.717, 1.165) is 47.4 Å². The average molecular weight is 370 g/mol. The van der Waals surface area contributed by atoms with Crippen molar-refractivity contribution in [2.45, 2.75) is 39.0 Å². The average Bonchev–Trinajstić information content (AvgIpc) is 3.29. The molecule has 1 amide bonds. The third-order valence-electron chi connectivity index (χ3n) is 4.72. The maximum absolute atomic E-state index is 13.1. The molecule has 1 unspecified atom stereocenters. The summed E-state index contributed by atoms with van der Waals surface area (Å²) >= 11 is 1.51. The van der Waals surface area contributed by atoms with Gasteiger partial charge in [-0.25, -0.2) is 4.98 Å². The van der Waals surface area contributed by atoms with Crippen molar-refractivity contribution >= 4 is 27.5 Å². The maximum atomic E-state index is 13.1. The van der Waals surface area contributed by atoms with Gasteiger partial charge >= 0.3 is 0 Å². The Balaban J connectivity index is 1.52. The van der Waals surface area contributed by atoms with Crippen molar-refractivity contribution in [3.05, 3.63) is 41.0 Å². The van der Waals surface area contributed by atoms with Crippen molar-refractivity contribution in [1.82, 2.24) is 20.0 Å². The van der Waals surface area contributed by atoms with Gasteiger partial charge in [-0.2, -0.15) is 4.98 Å². The Bertz CT molecular complexity index is 917. The quantitative estimate of drug-likeness (QED) is 0.696. The van der Waals surface area contributed by atoms with Crippen LogP contribution in [-0.2, 0) is 6.42 Å². The van der Waals surface area contributed by atoms with E-state index < -0.39 is 0 Å². The molecule has 1 saturated heterocycles. The molecule has 26 heavy (non-hydrogen) atoms. The van der Waals surface area contributed by atoms with Crippen LogP contribution < -0.4 is 0 Å². The summed E-state index contributed by atoms with van der Waals surface area (Å²) in [4.78, 5) is 23.9. The Morgan fingerprint density at radius 1 is 1.42 bits per heavy atom. The van der Waals surface area contributed by atoms with Gasteiger partial charge in [-0.05, 0) is 30.9 Å². The lowest BCUT2D eigenvalue weighted by Gasteiger charge is -2.31. The van der Waals surface area contributed by atoms with Gasteiger partial charge in [0.1, 0.15) is 0 Å². The first kappa shape index (κ1) is 17.1. The van der Waals surface area contributed by atoms with Crippen LogP contribution in [0.25, 0.3) is 10.2 Å². The predicted molar refractivity (Wildman–Crippen MR) is 100 cm³/mol. The molecule has 0 spiro atoms. The van der Waals surface area contributed by atoms with E-state index in [1.54, 1.807) is 5.51 Å². The summed E-state index contributed by atoms with van der Waals surface area (Å²) in [6, 6.07) is 5.73. The number of nitrogens with zero attached hydrogens (tertiary/aromatic N) is 4. The van der Waals surface area contributed by atoms with Gasteiger partial charge in [0.2, 0.25) is 5.89 Å². The van der Waals surface area contributed by atoms with Gasteiger partial charge in [0.25, 0.3) is 5.91 Å². The Morgan fingerprint density at radius 3 is 3.15 bits per heavy atom. The van der Waals surface area contributed by atoms with Gasteiger partial charge in [-0.15, -0.1) is 11.3 Å². The molecular weight excluding hydrogens is 348 g/mol. The van der Waals surface area contributed by atoms with Gasteiger partial charge in [-0.1, -0.05) is 25.1 Å². The highest BCUT2D eigenvalue weighted by Gasteiger charge is 2.30. The van der Waals surface area contributed by atoms with Crippen molar-refractivity contribution < 1.29 is 9.32 Å². The number of aromatic nitrogens is 3. The molecule has 0 N–H and O–H groups in total. The normalized spacial score (nSPS) is 18.0. The number of benzene rings is 1. The standard InChI is InChI=1S/C19H22N4O2S/c1-12(2)9-16-21-18(25-22-16)13-5-4-8-23(10-13)19(24)14-6-3-7-15-17(14)26-11-20-15/h3,6-7,11-13H,4-5,8-10H2,1-2H3. The number of amides is 1. The zero-order chi connectivity index (χ0) is 18.1. The lowest BCUT2D eigenvalue weighted by molar-refractivity contribution is 0.0698. The molecule has 0 aliphatic carbocycles. The number of likely N-dealkylation sites (tertiary alicyclic amines) is 1. The van der Waals surface area contributed by atoms with Crippen LogP contribution in [0.4, 0.5) is 0 Å². The Hall–Kier alpha value is -2.28. The molecule has 136 valence electrons. The van der Waals surface area contributed by atoms with Gasteiger partial charge in [0, 0.05) is 19.5 Å². The summed E-state index contributed by atoms with van der Waals surface area (Å²) in [5.41, 5.74) is 3.40. The fraction of sp³-hybridized carbons (Fsp3) is 0.474. The Labute approximate surface area is 156 Å². The second-order valence-corrected chi connectivity index (χ2v) is 8.10. The number of piperidine rings is 1. The minimum atomic E-state index is 0.0615. The molecule has 2 aromatic heterocycles. The molecule has 6 nitrogen and oxygen atoms in total. The highest BCUT2D eigenvalue weighted by molar-refractivity contribution is 7.17. The molecule has 4 rings (SSSR count). The maximum Gasteiger partial charge on any atom is 0.255 e. The zero-order valence-corrected chi connectivity index (χ0v) is 15.8. The number of hydrogen-bond acceptors (Lipinski definition) is 6. The Kier molecular flexibility index (Phi) is 4.72. The smallest absolute Gasteiger partial charge is 0.255 e. The van der Waals surface area contributed by atoms with E-state index in [1.807, 2.05) is 23.1 Å². The van der Waals surface area contributed by atoms with Crippen LogP contribution in [0.2, 0.25) is 0 Å². The van der Waals surface area contributed by atoms with Crippen LogP contribution in [0.15, 0.2) is 28.2 Å². The van der Waals surface area contributed by atoms with Crippen LogP contribution in [0, 0.1) is 5.92 Å². The third kappa shape index (κ3) is 3.35. The first-order valence-corrected chi connectivity index (χ1v) is 9.93. The van der Waals surface area contributed by atoms with Gasteiger partial charge in [0.15, 0.2) is 5.82 Å². The largest absolute Gasteiger partial charge is 0.339 e. The fourth-order valence-electron chi connectivity index (χ4n) is 3.47. The SMILES string of the molecule is CC(C)Cc1noc(C2CCCN(C(=O)c3cccc4ncsc34)C2)n1. The van der Waals surface area contributed by atoms with E-state index in [4.69, 9.17) is 4.52 Å². The monoisotopic (exact) mass is 370 g/mol. The lowest BCUT2D eigenvalue weighted by Crippen LogP contribution is -2.39. The first-order valence-electron chi connectivity index (χ1n) is 9.06. The van der Waals surface area contributed by atoms with E-state index in [-0.39, 0.29) is 11.8 Å². The highest BCUT2D eigenvalue weighted by atomic mass is 32.1. The number of hydrogen-bond donors (Lipinski definition) is 0. The number of carbonyl (C=O) groups excluding carboxylic acids is 1. The summed E-state index contributed by atoms with van der Waals surface area (Å²) in [7, 11) is 0. The summed E-state index contributed by atoms with van der Waals surface area (Å²) < 4.78 is 6.44. The van der Waals surface area contributed by atoms with Crippen molar-refractivity contribution in [3.63, 3.8) is 0 Å². The van der Waals surface area contributed by atoms with Gasteiger partial charge in [0.05, 0.1) is 27.2 Å². The molecule has 0 radical (unpaired) electrons. The van der Waals surface area contributed by atoms with Crippen molar-refractivity contribution in [2.24, 2.45) is 5.92 Å². The minimum Gasteiger partial charge on any atom is -0.339 e. The first-order chi connectivity index (χ1) is 12.6. The van der Waals surface area contributed by atoms with E-state index in [2.05, 4.69) is 29.0 Å². The van der Waals surface area contributed by atoms with E-state index >= 15 is 0 Å². The van der Waals surface area contributed by atoms with Gasteiger partial charge in [-0.3, -0.25) is 4.79 Å². The zero-order valence-electron chi connectivity index (χ0n) is 15.0. The van der Waals surface area contributed by atoms with Crippen LogP contribution in [0.1, 0.15) is 54.7 Å². The van der Waals surface area contributed by atoms with Crippen molar-refractivity contribution in [1.29, 1.82) is 0 Å². The molecule has 1 aromatic carbocycles. The number of thiazole rings is 1. The van der Waals surface area contributed by atoms with Crippen LogP contribution in [-0.4, -0.2) is 39.0 Å². The second-order valence-electron chi connectivity index (χ2n) is 7.24. The molecule has 1 aliphatic heterocycles.